The SMILES string of the molecule is Cc1cc(N2CCN(c3nc4ccccc4o3)CC2)nc(C)n1. The molecule has 0 N–H and O–H groups in total. The van der Waals surface area contributed by atoms with Crippen LogP contribution in [0.4, 0.5) is 11.8 Å². The number of fused-ring (bicyclic) bond motifs is 1. The number of hydrogen-bond donors (Lipinski definition) is 0. The topological polar surface area (TPSA) is 58.3 Å². The predicted molar refractivity (Wildman–Crippen MR) is 89.9 cm³/mol. The van der Waals surface area contributed by atoms with E-state index in [9.17, 15) is 0 Å². The van der Waals surface area contributed by atoms with E-state index in [1.54, 1.807) is 0 Å². The van der Waals surface area contributed by atoms with Crippen molar-refractivity contribution < 1.29 is 4.42 Å². The molecule has 1 aliphatic rings. The highest BCUT2D eigenvalue weighted by molar-refractivity contribution is 5.74. The summed E-state index contributed by atoms with van der Waals surface area (Å²) < 4.78 is 5.86. The van der Waals surface area contributed by atoms with Gasteiger partial charge in [-0.05, 0) is 26.0 Å². The number of anilines is 2. The Hall–Kier alpha value is -2.63. The van der Waals surface area contributed by atoms with Crippen LogP contribution in [0.1, 0.15) is 11.5 Å². The van der Waals surface area contributed by atoms with E-state index in [2.05, 4.69) is 24.8 Å². The summed E-state index contributed by atoms with van der Waals surface area (Å²) in [7, 11) is 0. The van der Waals surface area contributed by atoms with Crippen LogP contribution >= 0.6 is 0 Å². The van der Waals surface area contributed by atoms with Crippen LogP contribution in [0, 0.1) is 13.8 Å². The van der Waals surface area contributed by atoms with E-state index in [0.717, 1.165) is 54.6 Å². The third kappa shape index (κ3) is 2.72. The molecule has 3 heterocycles. The monoisotopic (exact) mass is 309 g/mol. The van der Waals surface area contributed by atoms with Gasteiger partial charge in [0.15, 0.2) is 5.58 Å². The summed E-state index contributed by atoms with van der Waals surface area (Å²) in [5.41, 5.74) is 2.76. The molecule has 0 unspecified atom stereocenters. The highest BCUT2D eigenvalue weighted by atomic mass is 16.4. The van der Waals surface area contributed by atoms with E-state index < -0.39 is 0 Å². The highest BCUT2D eigenvalue weighted by Gasteiger charge is 2.22. The first kappa shape index (κ1) is 14.0. The molecule has 118 valence electrons. The van der Waals surface area contributed by atoms with E-state index in [1.165, 1.54) is 0 Å². The van der Waals surface area contributed by atoms with Crippen molar-refractivity contribution in [2.24, 2.45) is 0 Å². The number of benzene rings is 1. The van der Waals surface area contributed by atoms with Gasteiger partial charge in [-0.15, -0.1) is 0 Å². The fourth-order valence-electron chi connectivity index (χ4n) is 2.98. The molecule has 0 aliphatic carbocycles. The zero-order chi connectivity index (χ0) is 15.8. The molecule has 23 heavy (non-hydrogen) atoms. The van der Waals surface area contributed by atoms with Gasteiger partial charge < -0.3 is 14.2 Å². The zero-order valence-electron chi connectivity index (χ0n) is 13.4. The minimum atomic E-state index is 0.709. The van der Waals surface area contributed by atoms with Gasteiger partial charge in [0, 0.05) is 37.9 Å². The molecule has 4 rings (SSSR count). The smallest absolute Gasteiger partial charge is 0.298 e. The molecule has 3 aromatic rings. The Morgan fingerprint density at radius 1 is 0.913 bits per heavy atom. The molecule has 6 heteroatoms. The maximum Gasteiger partial charge on any atom is 0.298 e. The number of hydrogen-bond acceptors (Lipinski definition) is 6. The number of aromatic nitrogens is 3. The molecule has 0 radical (unpaired) electrons. The van der Waals surface area contributed by atoms with Crippen molar-refractivity contribution in [3.63, 3.8) is 0 Å². The standard InChI is InChI=1S/C17H19N5O/c1-12-11-16(19-13(2)18-12)21-7-9-22(10-8-21)17-20-14-5-3-4-6-15(14)23-17/h3-6,11H,7-10H2,1-2H3. The van der Waals surface area contributed by atoms with Crippen LogP contribution in [0.2, 0.25) is 0 Å². The van der Waals surface area contributed by atoms with Crippen molar-refractivity contribution in [2.75, 3.05) is 36.0 Å². The van der Waals surface area contributed by atoms with Gasteiger partial charge in [0.25, 0.3) is 6.01 Å². The number of nitrogens with zero attached hydrogens (tertiary/aromatic N) is 5. The van der Waals surface area contributed by atoms with Crippen molar-refractivity contribution in [3.05, 3.63) is 41.9 Å². The zero-order valence-corrected chi connectivity index (χ0v) is 13.4. The van der Waals surface area contributed by atoms with Gasteiger partial charge in [-0.3, -0.25) is 0 Å². The molecule has 0 spiro atoms. The van der Waals surface area contributed by atoms with Gasteiger partial charge in [0.2, 0.25) is 0 Å². The summed E-state index contributed by atoms with van der Waals surface area (Å²) in [6, 6.07) is 10.6. The third-order valence-corrected chi connectivity index (χ3v) is 4.11. The summed E-state index contributed by atoms with van der Waals surface area (Å²) >= 11 is 0. The Morgan fingerprint density at radius 3 is 2.39 bits per heavy atom. The van der Waals surface area contributed by atoms with Crippen LogP contribution in [0.25, 0.3) is 11.1 Å². The lowest BCUT2D eigenvalue weighted by Gasteiger charge is -2.34. The van der Waals surface area contributed by atoms with Gasteiger partial charge in [0.05, 0.1) is 0 Å². The first-order chi connectivity index (χ1) is 11.2. The van der Waals surface area contributed by atoms with Gasteiger partial charge in [-0.1, -0.05) is 12.1 Å². The van der Waals surface area contributed by atoms with E-state index in [1.807, 2.05) is 44.2 Å². The average Bonchev–Trinajstić information content (AvgIpc) is 2.98. The van der Waals surface area contributed by atoms with Crippen LogP contribution in [0.5, 0.6) is 0 Å². The Bertz CT molecular complexity index is 783. The molecule has 0 saturated carbocycles. The first-order valence-electron chi connectivity index (χ1n) is 7.87. The van der Waals surface area contributed by atoms with E-state index >= 15 is 0 Å². The van der Waals surface area contributed by atoms with Crippen molar-refractivity contribution in [1.29, 1.82) is 0 Å². The summed E-state index contributed by atoms with van der Waals surface area (Å²) in [6.45, 7) is 7.48. The molecule has 1 aromatic carbocycles. The largest absolute Gasteiger partial charge is 0.423 e. The Balaban J connectivity index is 1.50. The van der Waals surface area contributed by atoms with E-state index in [4.69, 9.17) is 4.42 Å². The minimum Gasteiger partial charge on any atom is -0.423 e. The van der Waals surface area contributed by atoms with E-state index in [0.29, 0.717) is 6.01 Å². The average molecular weight is 309 g/mol. The second kappa shape index (κ2) is 5.53. The lowest BCUT2D eigenvalue weighted by Crippen LogP contribution is -2.47. The van der Waals surface area contributed by atoms with Gasteiger partial charge in [-0.25, -0.2) is 9.97 Å². The molecule has 0 amide bonds. The van der Waals surface area contributed by atoms with E-state index in [-0.39, 0.29) is 0 Å². The molecule has 1 aliphatic heterocycles. The summed E-state index contributed by atoms with van der Waals surface area (Å²) in [6.07, 6.45) is 0. The van der Waals surface area contributed by atoms with Crippen molar-refractivity contribution >= 4 is 22.9 Å². The number of oxazole rings is 1. The normalized spacial score (nSPS) is 15.4. The molecule has 0 atom stereocenters. The van der Waals surface area contributed by atoms with Crippen LogP contribution in [-0.2, 0) is 0 Å². The van der Waals surface area contributed by atoms with Gasteiger partial charge in [0.1, 0.15) is 17.2 Å². The van der Waals surface area contributed by atoms with Crippen LogP contribution in [0.3, 0.4) is 0 Å². The van der Waals surface area contributed by atoms with Crippen LogP contribution < -0.4 is 9.80 Å². The molecule has 2 aromatic heterocycles. The first-order valence-corrected chi connectivity index (χ1v) is 7.87. The molecular weight excluding hydrogens is 290 g/mol. The molecule has 0 bridgehead atoms. The lowest BCUT2D eigenvalue weighted by atomic mass is 10.3. The summed E-state index contributed by atoms with van der Waals surface area (Å²) in [5.74, 6) is 1.83. The quantitative estimate of drug-likeness (QED) is 0.725. The molecule has 1 saturated heterocycles. The highest BCUT2D eigenvalue weighted by Crippen LogP contribution is 2.23. The third-order valence-electron chi connectivity index (χ3n) is 4.11. The molecule has 6 nitrogen and oxygen atoms in total. The summed E-state index contributed by atoms with van der Waals surface area (Å²) in [4.78, 5) is 18.0. The Kier molecular flexibility index (Phi) is 3.37. The Labute approximate surface area is 134 Å². The van der Waals surface area contributed by atoms with Crippen molar-refractivity contribution in [3.8, 4) is 0 Å². The van der Waals surface area contributed by atoms with Gasteiger partial charge in [-0.2, -0.15) is 4.98 Å². The van der Waals surface area contributed by atoms with Crippen molar-refractivity contribution in [1.82, 2.24) is 15.0 Å². The van der Waals surface area contributed by atoms with Crippen molar-refractivity contribution in [2.45, 2.75) is 13.8 Å². The number of para-hydroxylation sites is 2. The Morgan fingerprint density at radius 2 is 1.65 bits per heavy atom. The number of aryl methyl sites for hydroxylation is 2. The molecular formula is C17H19N5O. The minimum absolute atomic E-state index is 0.709. The molecule has 1 fully saturated rings. The predicted octanol–water partition coefficient (Wildman–Crippen LogP) is 2.56. The fourth-order valence-corrected chi connectivity index (χ4v) is 2.98. The second-order valence-electron chi connectivity index (χ2n) is 5.85. The fraction of sp³-hybridized carbons (Fsp3) is 0.353. The second-order valence-corrected chi connectivity index (χ2v) is 5.85. The number of rotatable bonds is 2. The maximum atomic E-state index is 5.86. The van der Waals surface area contributed by atoms with Crippen LogP contribution in [-0.4, -0.2) is 41.1 Å². The number of piperazine rings is 1. The maximum absolute atomic E-state index is 5.86. The van der Waals surface area contributed by atoms with Crippen LogP contribution in [0.15, 0.2) is 34.7 Å². The summed E-state index contributed by atoms with van der Waals surface area (Å²) in [5, 5.41) is 0. The van der Waals surface area contributed by atoms with Gasteiger partial charge >= 0.3 is 0 Å². The lowest BCUT2D eigenvalue weighted by molar-refractivity contribution is 0.540.